The minimum atomic E-state index is -3.72. The molecule has 0 saturated carbocycles. The molecule has 0 saturated heterocycles. The molecule has 4 aromatic rings. The topological polar surface area (TPSA) is 111 Å². The highest BCUT2D eigenvalue weighted by atomic mass is 35.5. The molecular formula is C26H29ClN4O4S. The summed E-state index contributed by atoms with van der Waals surface area (Å²) in [6.07, 6.45) is 1.52. The van der Waals surface area contributed by atoms with Gasteiger partial charge in [-0.25, -0.2) is 8.42 Å². The van der Waals surface area contributed by atoms with Crippen LogP contribution in [0.5, 0.6) is 0 Å². The van der Waals surface area contributed by atoms with Crippen LogP contribution in [-0.4, -0.2) is 42.1 Å². The Morgan fingerprint density at radius 1 is 1.06 bits per heavy atom. The lowest BCUT2D eigenvalue weighted by Gasteiger charge is -2.22. The number of benzene rings is 2. The molecule has 0 radical (unpaired) electrons. The van der Waals surface area contributed by atoms with Gasteiger partial charge in [-0.05, 0) is 62.6 Å². The summed E-state index contributed by atoms with van der Waals surface area (Å²) in [7, 11) is -3.72. The van der Waals surface area contributed by atoms with Gasteiger partial charge in [-0.2, -0.15) is 4.31 Å². The van der Waals surface area contributed by atoms with E-state index in [1.54, 1.807) is 23.6 Å². The molecular weight excluding hydrogens is 500 g/mol. The zero-order chi connectivity index (χ0) is 25.7. The summed E-state index contributed by atoms with van der Waals surface area (Å²) in [5, 5.41) is 4.89. The summed E-state index contributed by atoms with van der Waals surface area (Å²) in [6.45, 7) is 3.10. The van der Waals surface area contributed by atoms with Gasteiger partial charge in [0.25, 0.3) is 5.56 Å². The van der Waals surface area contributed by atoms with Gasteiger partial charge in [-0.15, -0.1) is 0 Å². The van der Waals surface area contributed by atoms with Gasteiger partial charge >= 0.3 is 0 Å². The van der Waals surface area contributed by atoms with Gasteiger partial charge in [-0.1, -0.05) is 47.1 Å². The van der Waals surface area contributed by atoms with Crippen LogP contribution in [0.3, 0.4) is 0 Å². The average molecular weight is 529 g/mol. The average Bonchev–Trinajstić information content (AvgIpc) is 3.24. The van der Waals surface area contributed by atoms with Crippen LogP contribution >= 0.6 is 11.6 Å². The lowest BCUT2D eigenvalue weighted by Crippen LogP contribution is -2.34. The van der Waals surface area contributed by atoms with Crippen LogP contribution in [0.25, 0.3) is 11.0 Å². The fourth-order valence-corrected chi connectivity index (χ4v) is 5.84. The molecule has 0 aliphatic heterocycles. The van der Waals surface area contributed by atoms with E-state index in [4.69, 9.17) is 21.9 Å². The molecule has 0 spiro atoms. The first-order valence-electron chi connectivity index (χ1n) is 11.8. The van der Waals surface area contributed by atoms with E-state index in [0.29, 0.717) is 60.6 Å². The molecule has 0 atom stereocenters. The zero-order valence-electron chi connectivity index (χ0n) is 20.1. The molecule has 4 rings (SSSR count). The molecule has 2 heterocycles. The van der Waals surface area contributed by atoms with Crippen LogP contribution in [0.2, 0.25) is 5.02 Å². The van der Waals surface area contributed by atoms with Gasteiger partial charge in [0.1, 0.15) is 5.39 Å². The van der Waals surface area contributed by atoms with Crippen molar-refractivity contribution in [2.24, 2.45) is 5.73 Å². The molecule has 0 aliphatic carbocycles. The normalized spacial score (nSPS) is 12.0. The fraction of sp³-hybridized carbons (Fsp3) is 0.308. The van der Waals surface area contributed by atoms with Crippen LogP contribution in [0.4, 0.5) is 0 Å². The molecule has 8 nitrogen and oxygen atoms in total. The maximum absolute atomic E-state index is 13.4. The number of pyridine rings is 1. The Bertz CT molecular complexity index is 1480. The Labute approximate surface area is 215 Å². The third kappa shape index (κ3) is 5.70. The SMILES string of the molecule is Cc1noc2cc(CCCN(CCCN)S(=O)(=O)c3ccc(Cl)cc3)n(Cc3ccccc3)c(=O)c12. The van der Waals surface area contributed by atoms with Crippen LogP contribution in [-0.2, 0) is 23.0 Å². The summed E-state index contributed by atoms with van der Waals surface area (Å²) in [5.41, 5.74) is 8.23. The van der Waals surface area contributed by atoms with Crippen molar-refractivity contribution in [3.63, 3.8) is 0 Å². The number of aryl methyl sites for hydroxylation is 2. The molecule has 2 aromatic carbocycles. The third-order valence-electron chi connectivity index (χ3n) is 6.08. The Morgan fingerprint density at radius 3 is 2.44 bits per heavy atom. The first-order valence-corrected chi connectivity index (χ1v) is 13.6. The second-order valence-corrected chi connectivity index (χ2v) is 11.0. The van der Waals surface area contributed by atoms with E-state index in [1.807, 2.05) is 36.4 Å². The second kappa shape index (κ2) is 11.4. The standard InChI is InChI=1S/C26H29ClN4O4S/c1-19-25-24(35-29-19)17-22(31(26(25)32)18-20-7-3-2-4-8-20)9-5-15-30(16-6-14-28)36(33,34)23-12-10-21(27)11-13-23/h2-4,7-8,10-13,17H,5-6,9,14-16,18,28H2,1H3. The number of nitrogens with two attached hydrogens (primary N) is 1. The lowest BCUT2D eigenvalue weighted by molar-refractivity contribution is 0.398. The Balaban J connectivity index is 1.60. The minimum absolute atomic E-state index is 0.168. The lowest BCUT2D eigenvalue weighted by atomic mass is 10.1. The maximum Gasteiger partial charge on any atom is 0.264 e. The van der Waals surface area contributed by atoms with Gasteiger partial charge < -0.3 is 14.8 Å². The predicted molar refractivity (Wildman–Crippen MR) is 141 cm³/mol. The highest BCUT2D eigenvalue weighted by Crippen LogP contribution is 2.21. The number of fused-ring (bicyclic) bond motifs is 1. The van der Waals surface area contributed by atoms with Crippen LogP contribution in [0.1, 0.15) is 29.8 Å². The van der Waals surface area contributed by atoms with Crippen molar-refractivity contribution in [2.75, 3.05) is 19.6 Å². The van der Waals surface area contributed by atoms with Crippen molar-refractivity contribution in [1.82, 2.24) is 14.0 Å². The number of nitrogens with zero attached hydrogens (tertiary/aromatic N) is 3. The van der Waals surface area contributed by atoms with Gasteiger partial charge in [0.05, 0.1) is 17.1 Å². The molecule has 0 fully saturated rings. The van der Waals surface area contributed by atoms with Crippen LogP contribution in [0, 0.1) is 6.92 Å². The number of sulfonamides is 1. The van der Waals surface area contributed by atoms with E-state index in [9.17, 15) is 13.2 Å². The molecule has 190 valence electrons. The van der Waals surface area contributed by atoms with Crippen LogP contribution < -0.4 is 11.3 Å². The van der Waals surface area contributed by atoms with Crippen LogP contribution in [0.15, 0.2) is 74.9 Å². The summed E-state index contributed by atoms with van der Waals surface area (Å²) in [6, 6.07) is 17.7. The molecule has 2 aromatic heterocycles. The van der Waals surface area contributed by atoms with Gasteiger partial charge in [0.2, 0.25) is 10.0 Å². The number of rotatable bonds is 11. The van der Waals surface area contributed by atoms with Gasteiger partial charge in [0, 0.05) is 29.9 Å². The van der Waals surface area contributed by atoms with E-state index in [2.05, 4.69) is 5.16 Å². The van der Waals surface area contributed by atoms with Crippen molar-refractivity contribution in [3.05, 3.63) is 93.0 Å². The highest BCUT2D eigenvalue weighted by Gasteiger charge is 2.24. The van der Waals surface area contributed by atoms with Crippen molar-refractivity contribution >= 4 is 32.6 Å². The maximum atomic E-state index is 13.4. The molecule has 36 heavy (non-hydrogen) atoms. The van der Waals surface area contributed by atoms with E-state index < -0.39 is 10.0 Å². The molecule has 10 heteroatoms. The molecule has 0 amide bonds. The molecule has 0 aliphatic rings. The molecule has 0 bridgehead atoms. The largest absolute Gasteiger partial charge is 0.356 e. The smallest absolute Gasteiger partial charge is 0.264 e. The number of aromatic nitrogens is 2. The Kier molecular flexibility index (Phi) is 8.25. The first kappa shape index (κ1) is 26.1. The summed E-state index contributed by atoms with van der Waals surface area (Å²) >= 11 is 5.94. The third-order valence-corrected chi connectivity index (χ3v) is 8.24. The monoisotopic (exact) mass is 528 g/mol. The zero-order valence-corrected chi connectivity index (χ0v) is 21.6. The van der Waals surface area contributed by atoms with Gasteiger partial charge in [0.15, 0.2) is 5.58 Å². The second-order valence-electron chi connectivity index (χ2n) is 8.62. The van der Waals surface area contributed by atoms with Crippen molar-refractivity contribution in [3.8, 4) is 0 Å². The summed E-state index contributed by atoms with van der Waals surface area (Å²) < 4.78 is 35.1. The number of halogens is 1. The Morgan fingerprint density at radius 2 is 1.75 bits per heavy atom. The molecule has 2 N–H and O–H groups in total. The van der Waals surface area contributed by atoms with Crippen molar-refractivity contribution in [1.29, 1.82) is 0 Å². The highest BCUT2D eigenvalue weighted by molar-refractivity contribution is 7.89. The Hall–Kier alpha value is -2.98. The van der Waals surface area contributed by atoms with E-state index >= 15 is 0 Å². The van der Waals surface area contributed by atoms with Gasteiger partial charge in [-0.3, -0.25) is 4.79 Å². The van der Waals surface area contributed by atoms with E-state index in [-0.39, 0.29) is 17.0 Å². The van der Waals surface area contributed by atoms with Crippen molar-refractivity contribution < 1.29 is 12.9 Å². The molecule has 0 unspecified atom stereocenters. The summed E-state index contributed by atoms with van der Waals surface area (Å²) in [4.78, 5) is 13.6. The minimum Gasteiger partial charge on any atom is -0.356 e. The quantitative estimate of drug-likeness (QED) is 0.315. The van der Waals surface area contributed by atoms with E-state index in [0.717, 1.165) is 11.3 Å². The fourth-order valence-electron chi connectivity index (χ4n) is 4.20. The number of hydrogen-bond donors (Lipinski definition) is 1. The van der Waals surface area contributed by atoms with Crippen molar-refractivity contribution in [2.45, 2.75) is 37.6 Å². The predicted octanol–water partition coefficient (Wildman–Crippen LogP) is 3.97. The van der Waals surface area contributed by atoms with E-state index in [1.165, 1.54) is 16.4 Å². The summed E-state index contributed by atoms with van der Waals surface area (Å²) in [5.74, 6) is 0. The first-order chi connectivity index (χ1) is 17.3. The number of hydrogen-bond acceptors (Lipinski definition) is 6.